The van der Waals surface area contributed by atoms with E-state index in [1.807, 2.05) is 0 Å². The Hall–Kier alpha value is -1.75. The fraction of sp³-hybridized carbons (Fsp3) is 0.333. The molecule has 0 aliphatic carbocycles. The van der Waals surface area contributed by atoms with Crippen LogP contribution in [0.2, 0.25) is 0 Å². The Morgan fingerprint density at radius 3 is 2.93 bits per heavy atom. The SMILES string of the molecule is Cc1nc2cc(NC(=O)[C@H]3CCCN(S(=O)(=O)c4ccc(Br)s4)C3)ccc2o1. The molecule has 1 aliphatic heterocycles. The summed E-state index contributed by atoms with van der Waals surface area (Å²) in [5, 5.41) is 2.88. The van der Waals surface area contributed by atoms with Gasteiger partial charge in [0.05, 0.1) is 9.70 Å². The maximum Gasteiger partial charge on any atom is 0.252 e. The summed E-state index contributed by atoms with van der Waals surface area (Å²) < 4.78 is 33.6. The lowest BCUT2D eigenvalue weighted by Crippen LogP contribution is -2.43. The van der Waals surface area contributed by atoms with Crippen LogP contribution in [-0.2, 0) is 14.8 Å². The molecule has 1 N–H and O–H groups in total. The van der Waals surface area contributed by atoms with Crippen LogP contribution in [0.15, 0.2) is 42.7 Å². The zero-order chi connectivity index (χ0) is 19.9. The summed E-state index contributed by atoms with van der Waals surface area (Å²) in [6, 6.07) is 8.57. The van der Waals surface area contributed by atoms with E-state index in [9.17, 15) is 13.2 Å². The van der Waals surface area contributed by atoms with E-state index in [4.69, 9.17) is 4.42 Å². The molecule has 1 amide bonds. The second-order valence-electron chi connectivity index (χ2n) is 6.67. The van der Waals surface area contributed by atoms with Crippen molar-refractivity contribution in [3.63, 3.8) is 0 Å². The molecule has 4 rings (SSSR count). The van der Waals surface area contributed by atoms with Crippen LogP contribution in [0, 0.1) is 12.8 Å². The molecule has 0 bridgehead atoms. The Morgan fingerprint density at radius 2 is 2.18 bits per heavy atom. The van der Waals surface area contributed by atoms with Gasteiger partial charge in [-0.2, -0.15) is 4.31 Å². The Labute approximate surface area is 174 Å². The lowest BCUT2D eigenvalue weighted by Gasteiger charge is -2.30. The molecule has 1 saturated heterocycles. The van der Waals surface area contributed by atoms with Gasteiger partial charge in [0, 0.05) is 25.7 Å². The normalized spacial score (nSPS) is 18.4. The monoisotopic (exact) mass is 483 g/mol. The van der Waals surface area contributed by atoms with Gasteiger partial charge in [0.2, 0.25) is 5.91 Å². The quantitative estimate of drug-likeness (QED) is 0.605. The highest BCUT2D eigenvalue weighted by Gasteiger charge is 2.34. The van der Waals surface area contributed by atoms with Crippen LogP contribution in [0.4, 0.5) is 5.69 Å². The molecule has 3 heterocycles. The van der Waals surface area contributed by atoms with E-state index < -0.39 is 15.9 Å². The van der Waals surface area contributed by atoms with E-state index in [-0.39, 0.29) is 16.7 Å². The number of nitrogens with zero attached hydrogens (tertiary/aromatic N) is 2. The van der Waals surface area contributed by atoms with E-state index in [0.717, 1.165) is 3.79 Å². The number of halogens is 1. The largest absolute Gasteiger partial charge is 0.441 e. The first kappa shape index (κ1) is 19.6. The average molecular weight is 484 g/mol. The average Bonchev–Trinajstić information content (AvgIpc) is 3.26. The third-order valence-corrected chi connectivity index (χ3v) is 8.62. The first-order chi connectivity index (χ1) is 13.3. The van der Waals surface area contributed by atoms with Crippen LogP contribution >= 0.6 is 27.3 Å². The fourth-order valence-corrected chi connectivity index (χ4v) is 6.99. The van der Waals surface area contributed by atoms with Crippen molar-refractivity contribution in [3.05, 3.63) is 40.0 Å². The molecule has 7 nitrogen and oxygen atoms in total. The number of aryl methyl sites for hydroxylation is 1. The van der Waals surface area contributed by atoms with Crippen molar-refractivity contribution >= 4 is 60.0 Å². The summed E-state index contributed by atoms with van der Waals surface area (Å²) in [5.41, 5.74) is 1.95. The van der Waals surface area contributed by atoms with Crippen LogP contribution in [0.3, 0.4) is 0 Å². The molecule has 0 unspecified atom stereocenters. The molecule has 1 fully saturated rings. The minimum absolute atomic E-state index is 0.176. The van der Waals surface area contributed by atoms with Gasteiger partial charge in [0.15, 0.2) is 11.5 Å². The van der Waals surface area contributed by atoms with Crippen LogP contribution in [0.5, 0.6) is 0 Å². The maximum absolute atomic E-state index is 12.8. The number of thiophene rings is 1. The number of carbonyl (C=O) groups is 1. The predicted molar refractivity (Wildman–Crippen MR) is 111 cm³/mol. The van der Waals surface area contributed by atoms with Gasteiger partial charge < -0.3 is 9.73 Å². The van der Waals surface area contributed by atoms with Crippen molar-refractivity contribution in [1.29, 1.82) is 0 Å². The number of oxazole rings is 1. The molecule has 28 heavy (non-hydrogen) atoms. The van der Waals surface area contributed by atoms with Gasteiger partial charge in [0.25, 0.3) is 10.0 Å². The summed E-state index contributed by atoms with van der Waals surface area (Å²) in [6.07, 6.45) is 1.29. The van der Waals surface area contributed by atoms with Gasteiger partial charge in [-0.05, 0) is 59.1 Å². The number of fused-ring (bicyclic) bond motifs is 1. The first-order valence-corrected chi connectivity index (χ1v) is 11.8. The van der Waals surface area contributed by atoms with Crippen LogP contribution in [0.25, 0.3) is 11.1 Å². The summed E-state index contributed by atoms with van der Waals surface area (Å²) in [6.45, 7) is 2.36. The number of sulfonamides is 1. The molecule has 1 aromatic carbocycles. The van der Waals surface area contributed by atoms with Crippen molar-refractivity contribution in [2.24, 2.45) is 5.92 Å². The Kier molecular flexibility index (Phi) is 5.30. The molecule has 3 aromatic rings. The molecule has 0 saturated carbocycles. The number of nitrogens with one attached hydrogen (secondary N) is 1. The van der Waals surface area contributed by atoms with Crippen molar-refractivity contribution in [1.82, 2.24) is 9.29 Å². The lowest BCUT2D eigenvalue weighted by atomic mass is 9.98. The number of hydrogen-bond acceptors (Lipinski definition) is 6. The van der Waals surface area contributed by atoms with E-state index in [1.54, 1.807) is 37.3 Å². The fourth-order valence-electron chi connectivity index (χ4n) is 3.30. The second-order valence-corrected chi connectivity index (χ2v) is 11.3. The van der Waals surface area contributed by atoms with Gasteiger partial charge in [-0.15, -0.1) is 11.3 Å². The Morgan fingerprint density at radius 1 is 1.36 bits per heavy atom. The number of amides is 1. The van der Waals surface area contributed by atoms with Crippen molar-refractivity contribution in [3.8, 4) is 0 Å². The topological polar surface area (TPSA) is 92.5 Å². The van der Waals surface area contributed by atoms with Gasteiger partial charge in [0.1, 0.15) is 9.73 Å². The number of aromatic nitrogens is 1. The summed E-state index contributed by atoms with van der Waals surface area (Å²) >= 11 is 4.47. The number of hydrogen-bond donors (Lipinski definition) is 1. The standard InChI is InChI=1S/C18H18BrN3O4S2/c1-11-20-14-9-13(4-5-15(14)26-11)21-18(23)12-3-2-8-22(10-12)28(24,25)17-7-6-16(19)27-17/h4-7,9,12H,2-3,8,10H2,1H3,(H,21,23)/t12-/m0/s1. The minimum atomic E-state index is -3.59. The van der Waals surface area contributed by atoms with E-state index in [0.29, 0.717) is 42.1 Å². The summed E-state index contributed by atoms with van der Waals surface area (Å²) in [7, 11) is -3.59. The number of anilines is 1. The summed E-state index contributed by atoms with van der Waals surface area (Å²) in [4.78, 5) is 17.0. The molecule has 0 radical (unpaired) electrons. The summed E-state index contributed by atoms with van der Waals surface area (Å²) in [5.74, 6) is -0.0275. The van der Waals surface area contributed by atoms with Gasteiger partial charge in [-0.3, -0.25) is 4.79 Å². The van der Waals surface area contributed by atoms with E-state index in [1.165, 1.54) is 15.6 Å². The molecular weight excluding hydrogens is 466 g/mol. The molecule has 1 aliphatic rings. The second kappa shape index (κ2) is 7.58. The maximum atomic E-state index is 12.8. The molecule has 2 aromatic heterocycles. The lowest BCUT2D eigenvalue weighted by molar-refractivity contribution is -0.120. The molecular formula is C18H18BrN3O4S2. The van der Waals surface area contributed by atoms with Gasteiger partial charge >= 0.3 is 0 Å². The molecule has 148 valence electrons. The van der Waals surface area contributed by atoms with Gasteiger partial charge in [-0.1, -0.05) is 0 Å². The van der Waals surface area contributed by atoms with E-state index in [2.05, 4.69) is 26.2 Å². The number of carbonyl (C=O) groups excluding carboxylic acids is 1. The first-order valence-electron chi connectivity index (χ1n) is 8.76. The highest BCUT2D eigenvalue weighted by Crippen LogP contribution is 2.31. The third-order valence-electron chi connectivity index (χ3n) is 4.66. The number of piperidine rings is 1. The van der Waals surface area contributed by atoms with Gasteiger partial charge in [-0.25, -0.2) is 13.4 Å². The van der Waals surface area contributed by atoms with Crippen molar-refractivity contribution < 1.29 is 17.6 Å². The molecule has 0 spiro atoms. The van der Waals surface area contributed by atoms with Crippen LogP contribution in [-0.4, -0.2) is 36.7 Å². The Bertz CT molecular complexity index is 1140. The van der Waals surface area contributed by atoms with Crippen LogP contribution < -0.4 is 5.32 Å². The molecule has 1 atom stereocenters. The third kappa shape index (κ3) is 3.86. The molecule has 10 heteroatoms. The van der Waals surface area contributed by atoms with Crippen molar-refractivity contribution in [2.75, 3.05) is 18.4 Å². The highest BCUT2D eigenvalue weighted by molar-refractivity contribution is 9.11. The van der Waals surface area contributed by atoms with Crippen molar-refractivity contribution in [2.45, 2.75) is 24.0 Å². The highest BCUT2D eigenvalue weighted by atomic mass is 79.9. The predicted octanol–water partition coefficient (Wildman–Crippen LogP) is 4.00. The smallest absolute Gasteiger partial charge is 0.252 e. The Balaban J connectivity index is 1.48. The minimum Gasteiger partial charge on any atom is -0.441 e. The number of rotatable bonds is 4. The van der Waals surface area contributed by atoms with E-state index >= 15 is 0 Å². The zero-order valence-corrected chi connectivity index (χ0v) is 18.2. The van der Waals surface area contributed by atoms with Crippen LogP contribution in [0.1, 0.15) is 18.7 Å². The number of benzene rings is 1. The zero-order valence-electron chi connectivity index (χ0n) is 15.0.